The van der Waals surface area contributed by atoms with Gasteiger partial charge in [0.05, 0.1) is 15.8 Å². The van der Waals surface area contributed by atoms with E-state index in [-0.39, 0.29) is 18.0 Å². The number of aromatic nitrogens is 1. The van der Waals surface area contributed by atoms with E-state index in [9.17, 15) is 32.9 Å². The Morgan fingerprint density at radius 1 is 1.05 bits per heavy atom. The molecule has 0 unspecified atom stereocenters. The number of nitrogens with one attached hydrogen (secondary N) is 1. The fraction of sp³-hybridized carbons (Fsp3) is 0.370. The molecule has 1 aromatic heterocycles. The average molecular weight is 610 g/mol. The van der Waals surface area contributed by atoms with Crippen molar-refractivity contribution in [2.75, 3.05) is 6.54 Å². The average Bonchev–Trinajstić information content (AvgIpc) is 3.52. The molecule has 0 radical (unpaired) electrons. The Hall–Kier alpha value is -4.24. The van der Waals surface area contributed by atoms with Crippen molar-refractivity contribution in [2.24, 2.45) is 0 Å². The van der Waals surface area contributed by atoms with E-state index in [2.05, 4.69) is 10.3 Å². The standard InChI is InChI=1S/C27H26F3N3O8S/c1-26(2,3)41-25(35)39-20-13-31-19(22(20)40-24(34)38-18-10-8-17(9-11-18)33(36)37)12-15-4-6-16(7-5-15)21-14-32-23(42-21)27(28,29)30/h4-11,14,19-20,22,31H,12-13H2,1-3H3/t19-,20+,22+/m1/s1. The number of carbonyl (C=O) groups excluding carboxylic acids is 2. The van der Waals surface area contributed by atoms with Gasteiger partial charge in [-0.15, -0.1) is 11.3 Å². The fourth-order valence-corrected chi connectivity index (χ4v) is 4.87. The number of hydrogen-bond acceptors (Lipinski definition) is 11. The third kappa shape index (κ3) is 8.16. The van der Waals surface area contributed by atoms with Gasteiger partial charge in [0.25, 0.3) is 5.69 Å². The van der Waals surface area contributed by atoms with Gasteiger partial charge >= 0.3 is 18.5 Å². The van der Waals surface area contributed by atoms with Gasteiger partial charge in [0, 0.05) is 24.9 Å². The maximum Gasteiger partial charge on any atom is 0.514 e. The summed E-state index contributed by atoms with van der Waals surface area (Å²) in [7, 11) is 0. The maximum atomic E-state index is 12.9. The van der Waals surface area contributed by atoms with Crippen molar-refractivity contribution in [1.82, 2.24) is 10.3 Å². The molecule has 0 spiro atoms. The number of hydrogen-bond donors (Lipinski definition) is 1. The molecular weight excluding hydrogens is 583 g/mol. The molecule has 1 aliphatic heterocycles. The largest absolute Gasteiger partial charge is 0.514 e. The number of ether oxygens (including phenoxy) is 4. The van der Waals surface area contributed by atoms with Crippen LogP contribution in [0.5, 0.6) is 5.75 Å². The lowest BCUT2D eigenvalue weighted by Gasteiger charge is -2.25. The molecule has 42 heavy (non-hydrogen) atoms. The monoisotopic (exact) mass is 609 g/mol. The number of thiazole rings is 1. The van der Waals surface area contributed by atoms with E-state index in [4.69, 9.17) is 18.9 Å². The van der Waals surface area contributed by atoms with Crippen LogP contribution in [0.4, 0.5) is 28.4 Å². The maximum absolute atomic E-state index is 12.9. The first-order valence-corrected chi connectivity index (χ1v) is 13.4. The van der Waals surface area contributed by atoms with E-state index in [1.165, 1.54) is 18.3 Å². The van der Waals surface area contributed by atoms with Gasteiger partial charge in [-0.3, -0.25) is 10.1 Å². The minimum Gasteiger partial charge on any atom is -0.429 e. The highest BCUT2D eigenvalue weighted by molar-refractivity contribution is 7.15. The lowest BCUT2D eigenvalue weighted by molar-refractivity contribution is -0.384. The number of carbonyl (C=O) groups is 2. The normalized spacial score (nSPS) is 18.8. The highest BCUT2D eigenvalue weighted by Gasteiger charge is 2.42. The van der Waals surface area contributed by atoms with Gasteiger partial charge in [-0.1, -0.05) is 24.3 Å². The first-order chi connectivity index (χ1) is 19.7. The number of halogens is 3. The van der Waals surface area contributed by atoms with Crippen molar-refractivity contribution in [2.45, 2.75) is 57.2 Å². The van der Waals surface area contributed by atoms with Crippen LogP contribution in [0.2, 0.25) is 0 Å². The second-order valence-electron chi connectivity index (χ2n) is 10.2. The summed E-state index contributed by atoms with van der Waals surface area (Å²) in [5.41, 5.74) is 0.293. The molecule has 224 valence electrons. The highest BCUT2D eigenvalue weighted by atomic mass is 32.1. The number of nitrogens with zero attached hydrogens (tertiary/aromatic N) is 2. The molecule has 0 amide bonds. The number of non-ortho nitro benzene ring substituents is 1. The molecule has 0 aliphatic carbocycles. The zero-order valence-electron chi connectivity index (χ0n) is 22.5. The van der Waals surface area contributed by atoms with Crippen molar-refractivity contribution >= 4 is 29.3 Å². The van der Waals surface area contributed by atoms with Crippen molar-refractivity contribution in [3.05, 3.63) is 75.4 Å². The lowest BCUT2D eigenvalue weighted by Crippen LogP contribution is -2.41. The molecule has 3 atom stereocenters. The van der Waals surface area contributed by atoms with Crippen molar-refractivity contribution < 1.29 is 46.6 Å². The molecule has 0 saturated carbocycles. The van der Waals surface area contributed by atoms with Gasteiger partial charge in [-0.05, 0) is 50.5 Å². The van der Waals surface area contributed by atoms with Crippen LogP contribution in [0.15, 0.2) is 54.7 Å². The van der Waals surface area contributed by atoms with Crippen LogP contribution < -0.4 is 10.1 Å². The van der Waals surface area contributed by atoms with Crippen LogP contribution in [0.25, 0.3) is 10.4 Å². The van der Waals surface area contributed by atoms with Crippen LogP contribution in [-0.2, 0) is 26.8 Å². The second-order valence-corrected chi connectivity index (χ2v) is 11.3. The van der Waals surface area contributed by atoms with Crippen LogP contribution in [0.1, 0.15) is 31.3 Å². The number of nitro benzene ring substituents is 1. The van der Waals surface area contributed by atoms with Crippen LogP contribution >= 0.6 is 11.3 Å². The van der Waals surface area contributed by atoms with E-state index in [0.717, 1.165) is 17.7 Å². The van der Waals surface area contributed by atoms with Gasteiger partial charge in [0.15, 0.2) is 17.2 Å². The Labute approximate surface area is 241 Å². The van der Waals surface area contributed by atoms with Gasteiger partial charge in [-0.25, -0.2) is 14.6 Å². The van der Waals surface area contributed by atoms with Crippen molar-refractivity contribution in [3.63, 3.8) is 0 Å². The topological polar surface area (TPSA) is 139 Å². The molecule has 1 saturated heterocycles. The molecule has 0 bridgehead atoms. The summed E-state index contributed by atoms with van der Waals surface area (Å²) in [5.74, 6) is 0.00468. The quantitative estimate of drug-likeness (QED) is 0.143. The SMILES string of the molecule is CC(C)(C)OC(=O)O[C@H]1CN[C@H](Cc2ccc(-c3cnc(C(F)(F)F)s3)cc2)[C@@H]1OC(=O)Oc1ccc([N+](=O)[O-])cc1. The van der Waals surface area contributed by atoms with Crippen LogP contribution in [-0.4, -0.2) is 52.6 Å². The molecule has 11 nitrogen and oxygen atoms in total. The zero-order chi connectivity index (χ0) is 30.7. The van der Waals surface area contributed by atoms with Crippen LogP contribution in [0, 0.1) is 10.1 Å². The minimum atomic E-state index is -4.52. The van der Waals surface area contributed by atoms with E-state index < -0.39 is 52.3 Å². The Bertz CT molecular complexity index is 1420. The Balaban J connectivity index is 1.47. The first-order valence-electron chi connectivity index (χ1n) is 12.6. The Morgan fingerprint density at radius 2 is 1.71 bits per heavy atom. The summed E-state index contributed by atoms with van der Waals surface area (Å²) in [6.07, 6.45) is -7.10. The summed E-state index contributed by atoms with van der Waals surface area (Å²) in [5, 5.41) is 13.1. The highest BCUT2D eigenvalue weighted by Crippen LogP contribution is 2.36. The molecule has 1 fully saturated rings. The molecule has 15 heteroatoms. The van der Waals surface area contributed by atoms with E-state index >= 15 is 0 Å². The number of rotatable bonds is 7. The number of benzene rings is 2. The third-order valence-corrected chi connectivity index (χ3v) is 7.00. The van der Waals surface area contributed by atoms with Gasteiger partial charge in [-0.2, -0.15) is 13.2 Å². The third-order valence-electron chi connectivity index (χ3n) is 5.90. The summed E-state index contributed by atoms with van der Waals surface area (Å²) >= 11 is 0.538. The number of alkyl halides is 3. The first kappa shape index (κ1) is 30.7. The molecule has 2 heterocycles. The van der Waals surface area contributed by atoms with Gasteiger partial charge < -0.3 is 24.3 Å². The Kier molecular flexibility index (Phi) is 9.01. The fourth-order valence-electron chi connectivity index (χ4n) is 4.08. The molecule has 2 aromatic carbocycles. The summed E-state index contributed by atoms with van der Waals surface area (Å²) in [6.45, 7) is 5.12. The van der Waals surface area contributed by atoms with Crippen molar-refractivity contribution in [1.29, 1.82) is 0 Å². The number of nitro groups is 1. The summed E-state index contributed by atoms with van der Waals surface area (Å²) in [6, 6.07) is 11.0. The second kappa shape index (κ2) is 12.3. The molecule has 1 N–H and O–H groups in total. The van der Waals surface area contributed by atoms with Crippen molar-refractivity contribution in [3.8, 4) is 16.2 Å². The summed E-state index contributed by atoms with van der Waals surface area (Å²) in [4.78, 5) is 39.1. The predicted octanol–water partition coefficient (Wildman–Crippen LogP) is 6.16. The molecular formula is C27H26F3N3O8S. The Morgan fingerprint density at radius 3 is 2.29 bits per heavy atom. The van der Waals surface area contributed by atoms with Gasteiger partial charge in [0.1, 0.15) is 11.4 Å². The van der Waals surface area contributed by atoms with E-state index in [1.54, 1.807) is 45.0 Å². The van der Waals surface area contributed by atoms with Gasteiger partial charge in [0.2, 0.25) is 0 Å². The van der Waals surface area contributed by atoms with E-state index in [0.29, 0.717) is 28.2 Å². The summed E-state index contributed by atoms with van der Waals surface area (Å²) < 4.78 is 60.2. The lowest BCUT2D eigenvalue weighted by atomic mass is 10.0. The van der Waals surface area contributed by atoms with E-state index in [1.807, 2.05) is 0 Å². The minimum absolute atomic E-state index is 0.00468. The smallest absolute Gasteiger partial charge is 0.429 e. The predicted molar refractivity (Wildman–Crippen MR) is 143 cm³/mol. The van der Waals surface area contributed by atoms with Crippen LogP contribution in [0.3, 0.4) is 0 Å². The molecule has 1 aliphatic rings. The molecule has 3 aromatic rings. The zero-order valence-corrected chi connectivity index (χ0v) is 23.4. The molecule has 4 rings (SSSR count).